The summed E-state index contributed by atoms with van der Waals surface area (Å²) in [6.07, 6.45) is 1.07. The Balaban J connectivity index is 1.96. The quantitative estimate of drug-likeness (QED) is 0.768. The van der Waals surface area contributed by atoms with E-state index < -0.39 is 0 Å². The van der Waals surface area contributed by atoms with E-state index in [1.54, 1.807) is 7.11 Å². The molecule has 0 fully saturated rings. The van der Waals surface area contributed by atoms with Gasteiger partial charge >= 0.3 is 0 Å². The van der Waals surface area contributed by atoms with Crippen molar-refractivity contribution in [2.75, 3.05) is 13.7 Å². The van der Waals surface area contributed by atoms with Crippen molar-refractivity contribution in [1.29, 1.82) is 0 Å². The van der Waals surface area contributed by atoms with E-state index in [0.717, 1.165) is 17.9 Å². The zero-order valence-electron chi connectivity index (χ0n) is 11.5. The van der Waals surface area contributed by atoms with Crippen molar-refractivity contribution < 1.29 is 9.47 Å². The summed E-state index contributed by atoms with van der Waals surface area (Å²) in [6.45, 7) is 2.89. The van der Waals surface area contributed by atoms with Crippen molar-refractivity contribution in [3.05, 3.63) is 60.2 Å². The molecule has 0 aliphatic heterocycles. The van der Waals surface area contributed by atoms with E-state index in [0.29, 0.717) is 12.5 Å². The first-order valence-electron chi connectivity index (χ1n) is 6.65. The number of ether oxygens (including phenoxy) is 2. The first kappa shape index (κ1) is 13.5. The lowest BCUT2D eigenvalue weighted by Crippen LogP contribution is -2.09. The molecule has 0 saturated carbocycles. The zero-order chi connectivity index (χ0) is 13.5. The Morgan fingerprint density at radius 3 is 2.11 bits per heavy atom. The molecule has 2 heteroatoms. The van der Waals surface area contributed by atoms with Crippen LogP contribution in [0, 0.1) is 0 Å². The predicted octanol–water partition coefficient (Wildman–Crippen LogP) is 4.27. The van der Waals surface area contributed by atoms with E-state index in [1.165, 1.54) is 5.56 Å². The number of rotatable bonds is 6. The fourth-order valence-electron chi connectivity index (χ4n) is 2.04. The maximum atomic E-state index is 5.86. The van der Waals surface area contributed by atoms with Crippen LogP contribution in [0.1, 0.15) is 24.8 Å². The molecule has 0 aromatic heterocycles. The van der Waals surface area contributed by atoms with Crippen LogP contribution in [0.5, 0.6) is 11.5 Å². The lowest BCUT2D eigenvalue weighted by molar-refractivity contribution is 0.284. The first-order chi connectivity index (χ1) is 9.33. The molecule has 0 radical (unpaired) electrons. The smallest absolute Gasteiger partial charge is 0.119 e. The summed E-state index contributed by atoms with van der Waals surface area (Å²) in [5.74, 6) is 2.17. The summed E-state index contributed by atoms with van der Waals surface area (Å²) < 4.78 is 11.0. The van der Waals surface area contributed by atoms with Gasteiger partial charge in [0.15, 0.2) is 0 Å². The van der Waals surface area contributed by atoms with Crippen LogP contribution in [0.4, 0.5) is 0 Å². The van der Waals surface area contributed by atoms with Crippen LogP contribution in [0.2, 0.25) is 0 Å². The van der Waals surface area contributed by atoms with Gasteiger partial charge in [-0.25, -0.2) is 0 Å². The molecule has 2 aromatic rings. The molecule has 0 amide bonds. The van der Waals surface area contributed by atoms with Crippen LogP contribution in [0.15, 0.2) is 54.6 Å². The normalized spacial score (nSPS) is 11.9. The fraction of sp³-hybridized carbons (Fsp3) is 0.294. The summed E-state index contributed by atoms with van der Waals surface area (Å²) in [7, 11) is 1.67. The second-order valence-electron chi connectivity index (χ2n) is 4.50. The molecule has 2 nitrogen and oxygen atoms in total. The van der Waals surface area contributed by atoms with Crippen LogP contribution in [-0.4, -0.2) is 13.7 Å². The minimum Gasteiger partial charge on any atom is -0.497 e. The monoisotopic (exact) mass is 256 g/mol. The van der Waals surface area contributed by atoms with E-state index >= 15 is 0 Å². The maximum absolute atomic E-state index is 5.86. The fourth-order valence-corrected chi connectivity index (χ4v) is 2.04. The van der Waals surface area contributed by atoms with Gasteiger partial charge in [-0.2, -0.15) is 0 Å². The molecule has 1 atom stereocenters. The van der Waals surface area contributed by atoms with Gasteiger partial charge < -0.3 is 9.47 Å². The van der Waals surface area contributed by atoms with Gasteiger partial charge in [0, 0.05) is 5.92 Å². The molecule has 1 unspecified atom stereocenters. The van der Waals surface area contributed by atoms with E-state index in [1.807, 2.05) is 30.3 Å². The Labute approximate surface area is 115 Å². The van der Waals surface area contributed by atoms with Gasteiger partial charge in [0.05, 0.1) is 13.7 Å². The SMILES string of the molecule is CCC(COc1ccc(OC)cc1)c1ccccc1. The molecule has 100 valence electrons. The average Bonchev–Trinajstić information content (AvgIpc) is 2.49. The lowest BCUT2D eigenvalue weighted by Gasteiger charge is -2.16. The van der Waals surface area contributed by atoms with Gasteiger partial charge in [-0.1, -0.05) is 37.3 Å². The molecule has 0 aliphatic rings. The second-order valence-corrected chi connectivity index (χ2v) is 4.50. The molecular formula is C17H20O2. The van der Waals surface area contributed by atoms with Crippen LogP contribution in [-0.2, 0) is 0 Å². The van der Waals surface area contributed by atoms with Gasteiger partial charge in [-0.3, -0.25) is 0 Å². The second kappa shape index (κ2) is 6.83. The highest BCUT2D eigenvalue weighted by Gasteiger charge is 2.09. The standard InChI is InChI=1S/C17H20O2/c1-3-14(15-7-5-4-6-8-15)13-19-17-11-9-16(18-2)10-12-17/h4-12,14H,3,13H2,1-2H3. The van der Waals surface area contributed by atoms with Gasteiger partial charge in [-0.05, 0) is 36.2 Å². The Morgan fingerprint density at radius 1 is 0.895 bits per heavy atom. The largest absolute Gasteiger partial charge is 0.497 e. The minimum atomic E-state index is 0.434. The summed E-state index contributed by atoms with van der Waals surface area (Å²) in [5, 5.41) is 0. The molecule has 19 heavy (non-hydrogen) atoms. The number of methoxy groups -OCH3 is 1. The van der Waals surface area contributed by atoms with E-state index in [2.05, 4.69) is 31.2 Å². The van der Waals surface area contributed by atoms with Crippen molar-refractivity contribution in [3.63, 3.8) is 0 Å². The summed E-state index contributed by atoms with van der Waals surface area (Å²) in [4.78, 5) is 0. The Kier molecular flexibility index (Phi) is 4.85. The molecule has 0 heterocycles. The third-order valence-corrected chi connectivity index (χ3v) is 3.27. The molecule has 2 rings (SSSR count). The molecule has 0 spiro atoms. The van der Waals surface area contributed by atoms with E-state index in [4.69, 9.17) is 9.47 Å². The first-order valence-corrected chi connectivity index (χ1v) is 6.65. The molecule has 0 aliphatic carbocycles. The average molecular weight is 256 g/mol. The molecule has 0 saturated heterocycles. The summed E-state index contributed by atoms with van der Waals surface area (Å²) >= 11 is 0. The Bertz CT molecular complexity index is 476. The maximum Gasteiger partial charge on any atom is 0.119 e. The van der Waals surface area contributed by atoms with Crippen LogP contribution in [0.3, 0.4) is 0 Å². The Hall–Kier alpha value is -1.96. The number of benzene rings is 2. The molecule has 0 N–H and O–H groups in total. The Morgan fingerprint density at radius 2 is 1.53 bits per heavy atom. The number of hydrogen-bond donors (Lipinski definition) is 0. The van der Waals surface area contributed by atoms with E-state index in [-0.39, 0.29) is 0 Å². The van der Waals surface area contributed by atoms with E-state index in [9.17, 15) is 0 Å². The summed E-state index contributed by atoms with van der Waals surface area (Å²) in [6, 6.07) is 18.2. The highest BCUT2D eigenvalue weighted by Crippen LogP contribution is 2.22. The topological polar surface area (TPSA) is 18.5 Å². The van der Waals surface area contributed by atoms with Crippen molar-refractivity contribution in [1.82, 2.24) is 0 Å². The van der Waals surface area contributed by atoms with Gasteiger partial charge in [0.1, 0.15) is 11.5 Å². The highest BCUT2D eigenvalue weighted by molar-refractivity contribution is 5.31. The van der Waals surface area contributed by atoms with Crippen LogP contribution < -0.4 is 9.47 Å². The van der Waals surface area contributed by atoms with Crippen LogP contribution in [0.25, 0.3) is 0 Å². The van der Waals surface area contributed by atoms with Gasteiger partial charge in [0.25, 0.3) is 0 Å². The van der Waals surface area contributed by atoms with Crippen molar-refractivity contribution in [3.8, 4) is 11.5 Å². The third kappa shape index (κ3) is 3.75. The summed E-state index contributed by atoms with van der Waals surface area (Å²) in [5.41, 5.74) is 1.33. The molecule has 0 bridgehead atoms. The van der Waals surface area contributed by atoms with Crippen molar-refractivity contribution >= 4 is 0 Å². The van der Waals surface area contributed by atoms with Crippen LogP contribution >= 0.6 is 0 Å². The van der Waals surface area contributed by atoms with Gasteiger partial charge in [-0.15, -0.1) is 0 Å². The van der Waals surface area contributed by atoms with Gasteiger partial charge in [0.2, 0.25) is 0 Å². The van der Waals surface area contributed by atoms with Crippen molar-refractivity contribution in [2.45, 2.75) is 19.3 Å². The minimum absolute atomic E-state index is 0.434. The van der Waals surface area contributed by atoms with Crippen molar-refractivity contribution in [2.24, 2.45) is 0 Å². The third-order valence-electron chi connectivity index (χ3n) is 3.27. The molecule has 2 aromatic carbocycles. The lowest BCUT2D eigenvalue weighted by atomic mass is 9.98. The molecular weight excluding hydrogens is 236 g/mol. The predicted molar refractivity (Wildman–Crippen MR) is 78.0 cm³/mol. The zero-order valence-corrected chi connectivity index (χ0v) is 11.5. The number of hydrogen-bond acceptors (Lipinski definition) is 2. The highest BCUT2D eigenvalue weighted by atomic mass is 16.5.